The summed E-state index contributed by atoms with van der Waals surface area (Å²) >= 11 is 1.96. The van der Waals surface area contributed by atoms with Gasteiger partial charge in [0.2, 0.25) is 0 Å². The third-order valence-corrected chi connectivity index (χ3v) is 3.67. The SMILES string of the molecule is CSCCN1C[C@H]2CNC[C@H]2C1. The van der Waals surface area contributed by atoms with Crippen LogP contribution in [0, 0.1) is 11.8 Å². The summed E-state index contributed by atoms with van der Waals surface area (Å²) in [5, 5.41) is 3.47. The monoisotopic (exact) mass is 186 g/mol. The zero-order chi connectivity index (χ0) is 8.39. The quantitative estimate of drug-likeness (QED) is 0.691. The van der Waals surface area contributed by atoms with Gasteiger partial charge in [0.25, 0.3) is 0 Å². The molecule has 1 N–H and O–H groups in total. The fourth-order valence-corrected chi connectivity index (χ4v) is 2.80. The van der Waals surface area contributed by atoms with E-state index in [1.165, 1.54) is 38.5 Å². The fraction of sp³-hybridized carbons (Fsp3) is 1.00. The Bertz CT molecular complexity index is 139. The minimum atomic E-state index is 0.965. The summed E-state index contributed by atoms with van der Waals surface area (Å²) < 4.78 is 0. The molecule has 2 heterocycles. The summed E-state index contributed by atoms with van der Waals surface area (Å²) in [6, 6.07) is 0. The van der Waals surface area contributed by atoms with Crippen molar-refractivity contribution < 1.29 is 0 Å². The highest BCUT2D eigenvalue weighted by Gasteiger charge is 2.35. The van der Waals surface area contributed by atoms with Crippen LogP contribution in [0.5, 0.6) is 0 Å². The van der Waals surface area contributed by atoms with E-state index in [0.29, 0.717) is 0 Å². The lowest BCUT2D eigenvalue weighted by Crippen LogP contribution is -2.27. The third kappa shape index (κ3) is 1.78. The van der Waals surface area contributed by atoms with E-state index in [1.807, 2.05) is 11.8 Å². The van der Waals surface area contributed by atoms with Crippen molar-refractivity contribution in [3.8, 4) is 0 Å². The summed E-state index contributed by atoms with van der Waals surface area (Å²) in [4.78, 5) is 2.63. The van der Waals surface area contributed by atoms with Crippen LogP contribution < -0.4 is 5.32 Å². The Hall–Kier alpha value is 0.270. The van der Waals surface area contributed by atoms with Gasteiger partial charge in [-0.25, -0.2) is 0 Å². The predicted molar refractivity (Wildman–Crippen MR) is 54.7 cm³/mol. The highest BCUT2D eigenvalue weighted by atomic mass is 32.2. The number of thioether (sulfide) groups is 1. The molecule has 12 heavy (non-hydrogen) atoms. The molecular weight excluding hydrogens is 168 g/mol. The van der Waals surface area contributed by atoms with E-state index in [9.17, 15) is 0 Å². The molecule has 2 aliphatic rings. The van der Waals surface area contributed by atoms with E-state index in [4.69, 9.17) is 0 Å². The van der Waals surface area contributed by atoms with Gasteiger partial charge in [-0.1, -0.05) is 0 Å². The second-order valence-electron chi connectivity index (χ2n) is 3.93. The number of fused-ring (bicyclic) bond motifs is 1. The van der Waals surface area contributed by atoms with Crippen LogP contribution in [0.15, 0.2) is 0 Å². The molecule has 0 spiro atoms. The van der Waals surface area contributed by atoms with Crippen LogP contribution in [0.25, 0.3) is 0 Å². The van der Waals surface area contributed by atoms with Gasteiger partial charge in [-0.3, -0.25) is 0 Å². The smallest absolute Gasteiger partial charge is 0.00725 e. The first-order chi connectivity index (χ1) is 5.90. The van der Waals surface area contributed by atoms with Gasteiger partial charge >= 0.3 is 0 Å². The normalized spacial score (nSPS) is 35.8. The molecule has 2 aliphatic heterocycles. The molecule has 70 valence electrons. The second kappa shape index (κ2) is 3.99. The van der Waals surface area contributed by atoms with E-state index < -0.39 is 0 Å². The third-order valence-electron chi connectivity index (χ3n) is 3.08. The first-order valence-electron chi connectivity index (χ1n) is 4.82. The number of nitrogens with one attached hydrogen (secondary N) is 1. The van der Waals surface area contributed by atoms with Crippen LogP contribution >= 0.6 is 11.8 Å². The molecule has 2 nitrogen and oxygen atoms in total. The maximum atomic E-state index is 3.47. The van der Waals surface area contributed by atoms with Crippen LogP contribution in [0.4, 0.5) is 0 Å². The van der Waals surface area contributed by atoms with Crippen molar-refractivity contribution in [3.63, 3.8) is 0 Å². The molecule has 0 aromatic rings. The minimum Gasteiger partial charge on any atom is -0.316 e. The Balaban J connectivity index is 1.75. The summed E-state index contributed by atoms with van der Waals surface area (Å²) in [7, 11) is 0. The predicted octanol–water partition coefficient (Wildman–Crippen LogP) is 0.501. The van der Waals surface area contributed by atoms with Crippen LogP contribution in [-0.2, 0) is 0 Å². The van der Waals surface area contributed by atoms with Crippen molar-refractivity contribution in [2.45, 2.75) is 0 Å². The molecular formula is C9H18N2S. The summed E-state index contributed by atoms with van der Waals surface area (Å²) in [5.41, 5.74) is 0. The standard InChI is InChI=1S/C9H18N2S/c1-12-3-2-11-6-8-4-10-5-9(8)7-11/h8-10H,2-7H2,1H3/t8-,9+. The highest BCUT2D eigenvalue weighted by molar-refractivity contribution is 7.98. The molecule has 3 heteroatoms. The largest absolute Gasteiger partial charge is 0.316 e. The Morgan fingerprint density at radius 2 is 2.00 bits per heavy atom. The van der Waals surface area contributed by atoms with Crippen LogP contribution in [-0.4, -0.2) is 49.6 Å². The molecule has 0 aromatic heterocycles. The molecule has 2 saturated heterocycles. The van der Waals surface area contributed by atoms with Gasteiger partial charge in [-0.15, -0.1) is 0 Å². The topological polar surface area (TPSA) is 15.3 Å². The molecule has 2 atom stereocenters. The van der Waals surface area contributed by atoms with Crippen molar-refractivity contribution in [2.75, 3.05) is 44.7 Å². The summed E-state index contributed by atoms with van der Waals surface area (Å²) in [6.07, 6.45) is 2.19. The second-order valence-corrected chi connectivity index (χ2v) is 4.92. The number of hydrogen-bond donors (Lipinski definition) is 1. The van der Waals surface area contributed by atoms with Gasteiger partial charge in [0.15, 0.2) is 0 Å². The Morgan fingerprint density at radius 3 is 2.58 bits per heavy atom. The molecule has 0 aromatic carbocycles. The summed E-state index contributed by atoms with van der Waals surface area (Å²) in [5.74, 6) is 3.23. The Morgan fingerprint density at radius 1 is 1.33 bits per heavy atom. The number of hydrogen-bond acceptors (Lipinski definition) is 3. The van der Waals surface area contributed by atoms with Gasteiger partial charge < -0.3 is 10.2 Å². The first-order valence-corrected chi connectivity index (χ1v) is 6.21. The molecule has 2 fully saturated rings. The lowest BCUT2D eigenvalue weighted by atomic mass is 10.0. The lowest BCUT2D eigenvalue weighted by Gasteiger charge is -2.15. The van der Waals surface area contributed by atoms with Gasteiger partial charge in [0.05, 0.1) is 0 Å². The molecule has 0 saturated carbocycles. The Labute approximate surface area is 79.1 Å². The van der Waals surface area contributed by atoms with E-state index in [0.717, 1.165) is 11.8 Å². The maximum Gasteiger partial charge on any atom is 0.00725 e. The molecule has 0 radical (unpaired) electrons. The lowest BCUT2D eigenvalue weighted by molar-refractivity contribution is 0.333. The molecule has 0 unspecified atom stereocenters. The van der Waals surface area contributed by atoms with Crippen LogP contribution in [0.3, 0.4) is 0 Å². The highest BCUT2D eigenvalue weighted by Crippen LogP contribution is 2.25. The van der Waals surface area contributed by atoms with Crippen molar-refractivity contribution in [1.29, 1.82) is 0 Å². The average molecular weight is 186 g/mol. The zero-order valence-electron chi connectivity index (χ0n) is 7.75. The number of rotatable bonds is 3. The van der Waals surface area contributed by atoms with Crippen molar-refractivity contribution in [2.24, 2.45) is 11.8 Å². The number of likely N-dealkylation sites (tertiary alicyclic amines) is 1. The maximum absolute atomic E-state index is 3.47. The van der Waals surface area contributed by atoms with Gasteiger partial charge in [0, 0.05) is 25.4 Å². The van der Waals surface area contributed by atoms with Crippen molar-refractivity contribution in [1.82, 2.24) is 10.2 Å². The van der Waals surface area contributed by atoms with E-state index in [1.54, 1.807) is 0 Å². The fourth-order valence-electron chi connectivity index (χ4n) is 2.36. The average Bonchev–Trinajstić information content (AvgIpc) is 2.58. The van der Waals surface area contributed by atoms with Crippen LogP contribution in [0.1, 0.15) is 0 Å². The molecule has 0 aliphatic carbocycles. The van der Waals surface area contributed by atoms with Gasteiger partial charge in [-0.2, -0.15) is 11.8 Å². The number of nitrogens with zero attached hydrogens (tertiary/aromatic N) is 1. The van der Waals surface area contributed by atoms with E-state index in [-0.39, 0.29) is 0 Å². The molecule has 0 bridgehead atoms. The van der Waals surface area contributed by atoms with Gasteiger partial charge in [0.1, 0.15) is 0 Å². The van der Waals surface area contributed by atoms with Gasteiger partial charge in [-0.05, 0) is 31.2 Å². The minimum absolute atomic E-state index is 0.965. The first kappa shape index (κ1) is 8.85. The molecule has 0 amide bonds. The summed E-state index contributed by atoms with van der Waals surface area (Å²) in [6.45, 7) is 6.52. The van der Waals surface area contributed by atoms with Crippen LogP contribution in [0.2, 0.25) is 0 Å². The Kier molecular flexibility index (Phi) is 2.94. The molecule has 2 rings (SSSR count). The van der Waals surface area contributed by atoms with E-state index >= 15 is 0 Å². The van der Waals surface area contributed by atoms with E-state index in [2.05, 4.69) is 16.5 Å². The van der Waals surface area contributed by atoms with Crippen molar-refractivity contribution >= 4 is 11.8 Å². The van der Waals surface area contributed by atoms with Crippen molar-refractivity contribution in [3.05, 3.63) is 0 Å². The zero-order valence-corrected chi connectivity index (χ0v) is 8.57.